The molecule has 21 heavy (non-hydrogen) atoms. The number of hydrogen-bond donors (Lipinski definition) is 0. The first-order chi connectivity index (χ1) is 10.1. The number of rotatable bonds is 6. The van der Waals surface area contributed by atoms with Gasteiger partial charge < -0.3 is 14.2 Å². The lowest BCUT2D eigenvalue weighted by Gasteiger charge is -2.08. The fourth-order valence-corrected chi connectivity index (χ4v) is 1.89. The predicted octanol–water partition coefficient (Wildman–Crippen LogP) is 3.70. The monoisotopic (exact) mass is 294 g/mol. The summed E-state index contributed by atoms with van der Waals surface area (Å²) in [7, 11) is 2.82. The zero-order valence-corrected chi connectivity index (χ0v) is 11.9. The van der Waals surface area contributed by atoms with Gasteiger partial charge in [-0.1, -0.05) is 12.1 Å². The zero-order valence-electron chi connectivity index (χ0n) is 11.9. The average molecular weight is 294 g/mol. The molecule has 2 aromatic rings. The van der Waals surface area contributed by atoms with E-state index in [-0.39, 0.29) is 24.7 Å². The first-order valence-electron chi connectivity index (χ1n) is 6.36. The zero-order chi connectivity index (χ0) is 15.2. The maximum atomic E-state index is 13.5. The predicted molar refractivity (Wildman–Crippen MR) is 74.4 cm³/mol. The Morgan fingerprint density at radius 1 is 0.762 bits per heavy atom. The summed E-state index contributed by atoms with van der Waals surface area (Å²) in [6.07, 6.45) is 0. The molecular formula is C16H16F2O3. The van der Waals surface area contributed by atoms with Crippen LogP contribution in [0.15, 0.2) is 36.4 Å². The third kappa shape index (κ3) is 3.92. The Bertz CT molecular complexity index is 561. The largest absolute Gasteiger partial charge is 0.494 e. The van der Waals surface area contributed by atoms with Crippen molar-refractivity contribution in [3.8, 4) is 11.5 Å². The average Bonchev–Trinajstić information content (AvgIpc) is 2.48. The van der Waals surface area contributed by atoms with Crippen LogP contribution in [0.2, 0.25) is 0 Å². The van der Waals surface area contributed by atoms with Crippen molar-refractivity contribution in [3.05, 3.63) is 59.2 Å². The van der Waals surface area contributed by atoms with Crippen LogP contribution in [0.3, 0.4) is 0 Å². The van der Waals surface area contributed by atoms with E-state index in [4.69, 9.17) is 14.2 Å². The molecule has 0 unspecified atom stereocenters. The molecule has 0 amide bonds. The molecule has 0 aromatic heterocycles. The van der Waals surface area contributed by atoms with Crippen LogP contribution < -0.4 is 9.47 Å². The van der Waals surface area contributed by atoms with Crippen molar-refractivity contribution in [1.29, 1.82) is 0 Å². The summed E-state index contributed by atoms with van der Waals surface area (Å²) in [5.41, 5.74) is 1.37. The lowest BCUT2D eigenvalue weighted by Crippen LogP contribution is -1.97. The molecule has 0 fully saturated rings. The van der Waals surface area contributed by atoms with Gasteiger partial charge in [-0.15, -0.1) is 0 Å². The molecule has 0 aliphatic rings. The Balaban J connectivity index is 1.92. The van der Waals surface area contributed by atoms with Gasteiger partial charge in [0, 0.05) is 0 Å². The van der Waals surface area contributed by atoms with E-state index >= 15 is 0 Å². The van der Waals surface area contributed by atoms with Crippen LogP contribution in [-0.2, 0) is 18.0 Å². The van der Waals surface area contributed by atoms with Crippen LogP contribution in [0.4, 0.5) is 8.78 Å². The van der Waals surface area contributed by atoms with Gasteiger partial charge in [0.1, 0.15) is 0 Å². The Kier molecular flexibility index (Phi) is 5.11. The van der Waals surface area contributed by atoms with Gasteiger partial charge >= 0.3 is 0 Å². The molecule has 5 heteroatoms. The first kappa shape index (κ1) is 15.3. The third-order valence-electron chi connectivity index (χ3n) is 2.97. The minimum atomic E-state index is -0.436. The quantitative estimate of drug-likeness (QED) is 0.813. The molecule has 0 bridgehead atoms. The van der Waals surface area contributed by atoms with Gasteiger partial charge in [0.05, 0.1) is 27.4 Å². The number of benzene rings is 2. The van der Waals surface area contributed by atoms with Crippen molar-refractivity contribution >= 4 is 0 Å². The molecular weight excluding hydrogens is 278 g/mol. The highest BCUT2D eigenvalue weighted by molar-refractivity contribution is 5.30. The number of methoxy groups -OCH3 is 2. The van der Waals surface area contributed by atoms with E-state index in [1.54, 1.807) is 24.3 Å². The van der Waals surface area contributed by atoms with Gasteiger partial charge in [-0.2, -0.15) is 0 Å². The fraction of sp³-hybridized carbons (Fsp3) is 0.250. The minimum absolute atomic E-state index is 0.191. The first-order valence-corrected chi connectivity index (χ1v) is 6.36. The molecule has 112 valence electrons. The highest BCUT2D eigenvalue weighted by atomic mass is 19.1. The Labute approximate surface area is 122 Å². The van der Waals surface area contributed by atoms with Gasteiger partial charge in [-0.3, -0.25) is 0 Å². The summed E-state index contributed by atoms with van der Waals surface area (Å²) in [5, 5.41) is 0. The minimum Gasteiger partial charge on any atom is -0.494 e. The number of halogens is 2. The highest BCUT2D eigenvalue weighted by Gasteiger charge is 2.05. The van der Waals surface area contributed by atoms with Crippen LogP contribution >= 0.6 is 0 Å². The van der Waals surface area contributed by atoms with Gasteiger partial charge in [-0.05, 0) is 35.4 Å². The highest BCUT2D eigenvalue weighted by Crippen LogP contribution is 2.20. The SMILES string of the molecule is COc1ccc(COCc2ccc(OC)c(F)c2)cc1F. The van der Waals surface area contributed by atoms with E-state index in [2.05, 4.69) is 0 Å². The number of ether oxygens (including phenoxy) is 3. The molecule has 0 atom stereocenters. The standard InChI is InChI=1S/C16H16F2O3/c1-19-15-5-3-11(7-13(15)17)9-21-10-12-4-6-16(20-2)14(18)8-12/h3-8H,9-10H2,1-2H3. The van der Waals surface area contributed by atoms with Crippen molar-refractivity contribution in [2.75, 3.05) is 14.2 Å². The molecule has 0 heterocycles. The second-order valence-electron chi connectivity index (χ2n) is 4.43. The molecule has 0 radical (unpaired) electrons. The topological polar surface area (TPSA) is 27.7 Å². The summed E-state index contributed by atoms with van der Waals surface area (Å²) in [6, 6.07) is 9.23. The Morgan fingerprint density at radius 3 is 1.52 bits per heavy atom. The number of hydrogen-bond acceptors (Lipinski definition) is 3. The molecule has 0 saturated heterocycles. The van der Waals surface area contributed by atoms with Gasteiger partial charge in [0.2, 0.25) is 0 Å². The van der Waals surface area contributed by atoms with Crippen molar-refractivity contribution in [3.63, 3.8) is 0 Å². The van der Waals surface area contributed by atoms with E-state index < -0.39 is 11.6 Å². The van der Waals surface area contributed by atoms with Gasteiger partial charge in [0.15, 0.2) is 23.1 Å². The molecule has 3 nitrogen and oxygen atoms in total. The molecule has 0 spiro atoms. The summed E-state index contributed by atoms with van der Waals surface area (Å²) in [5.74, 6) is -0.491. The fourth-order valence-electron chi connectivity index (χ4n) is 1.89. The lowest BCUT2D eigenvalue weighted by atomic mass is 10.2. The van der Waals surface area contributed by atoms with Gasteiger partial charge in [0.25, 0.3) is 0 Å². The molecule has 0 saturated carbocycles. The van der Waals surface area contributed by atoms with Crippen LogP contribution in [0.1, 0.15) is 11.1 Å². The van der Waals surface area contributed by atoms with Crippen LogP contribution in [0.25, 0.3) is 0 Å². The molecule has 0 N–H and O–H groups in total. The van der Waals surface area contributed by atoms with E-state index in [0.29, 0.717) is 11.1 Å². The maximum absolute atomic E-state index is 13.5. The second kappa shape index (κ2) is 7.04. The van der Waals surface area contributed by atoms with Gasteiger partial charge in [-0.25, -0.2) is 8.78 Å². The normalized spacial score (nSPS) is 10.5. The van der Waals surface area contributed by atoms with Crippen LogP contribution in [0.5, 0.6) is 11.5 Å². The van der Waals surface area contributed by atoms with E-state index in [1.165, 1.54) is 26.4 Å². The Hall–Kier alpha value is -2.14. The van der Waals surface area contributed by atoms with Crippen molar-refractivity contribution < 1.29 is 23.0 Å². The molecule has 2 aromatic carbocycles. The van der Waals surface area contributed by atoms with E-state index in [9.17, 15) is 8.78 Å². The Morgan fingerprint density at radius 2 is 1.19 bits per heavy atom. The third-order valence-corrected chi connectivity index (χ3v) is 2.97. The second-order valence-corrected chi connectivity index (χ2v) is 4.43. The summed E-state index contributed by atoms with van der Waals surface area (Å²) in [4.78, 5) is 0. The smallest absolute Gasteiger partial charge is 0.165 e. The summed E-state index contributed by atoms with van der Waals surface area (Å²) in [6.45, 7) is 0.461. The summed E-state index contributed by atoms with van der Waals surface area (Å²) >= 11 is 0. The van der Waals surface area contributed by atoms with Crippen molar-refractivity contribution in [2.45, 2.75) is 13.2 Å². The van der Waals surface area contributed by atoms with Crippen molar-refractivity contribution in [1.82, 2.24) is 0 Å². The molecule has 0 aliphatic heterocycles. The van der Waals surface area contributed by atoms with Crippen LogP contribution in [-0.4, -0.2) is 14.2 Å². The maximum Gasteiger partial charge on any atom is 0.165 e. The lowest BCUT2D eigenvalue weighted by molar-refractivity contribution is 0.106. The van der Waals surface area contributed by atoms with Crippen LogP contribution in [0, 0.1) is 11.6 Å². The molecule has 0 aliphatic carbocycles. The van der Waals surface area contributed by atoms with Crippen molar-refractivity contribution in [2.24, 2.45) is 0 Å². The van der Waals surface area contributed by atoms with E-state index in [0.717, 1.165) is 0 Å². The van der Waals surface area contributed by atoms with E-state index in [1.807, 2.05) is 0 Å². The molecule has 2 rings (SSSR count). The summed E-state index contributed by atoms with van der Waals surface area (Å²) < 4.78 is 42.1.